The van der Waals surface area contributed by atoms with Crippen molar-refractivity contribution in [2.24, 2.45) is 0 Å². The largest absolute Gasteiger partial charge is 0.495 e. The van der Waals surface area contributed by atoms with Crippen LogP contribution in [0.3, 0.4) is 0 Å². The normalized spacial score (nSPS) is 10.5. The highest BCUT2D eigenvalue weighted by atomic mass is 35.5. The standard InChI is InChI=1S/C19H17ClN2O2S2/c1-24-17-5-3-2-4-16(17)22-18(23)10-15-12-26-19(21-15)25-11-13-6-8-14(20)9-7-13/h2-9,12H,10-11H2,1H3,(H,22,23). The van der Waals surface area contributed by atoms with Gasteiger partial charge < -0.3 is 10.1 Å². The van der Waals surface area contributed by atoms with Gasteiger partial charge in [-0.15, -0.1) is 11.3 Å². The highest BCUT2D eigenvalue weighted by Crippen LogP contribution is 2.27. The fourth-order valence-electron chi connectivity index (χ4n) is 2.27. The molecule has 2 aromatic carbocycles. The summed E-state index contributed by atoms with van der Waals surface area (Å²) in [4.78, 5) is 16.8. The molecular formula is C19H17ClN2O2S2. The number of thiazole rings is 1. The lowest BCUT2D eigenvalue weighted by Gasteiger charge is -2.08. The molecule has 1 amide bonds. The van der Waals surface area contributed by atoms with Crippen LogP contribution < -0.4 is 10.1 Å². The molecule has 0 aliphatic rings. The van der Waals surface area contributed by atoms with E-state index in [1.807, 2.05) is 53.9 Å². The van der Waals surface area contributed by atoms with Gasteiger partial charge in [0.05, 0.1) is 24.9 Å². The molecule has 0 aliphatic heterocycles. The van der Waals surface area contributed by atoms with Crippen molar-refractivity contribution in [1.29, 1.82) is 0 Å². The van der Waals surface area contributed by atoms with Crippen molar-refractivity contribution in [1.82, 2.24) is 4.98 Å². The highest BCUT2D eigenvalue weighted by molar-refractivity contribution is 8.00. The summed E-state index contributed by atoms with van der Waals surface area (Å²) in [7, 11) is 1.58. The van der Waals surface area contributed by atoms with Gasteiger partial charge in [0.1, 0.15) is 10.1 Å². The molecule has 0 atom stereocenters. The maximum Gasteiger partial charge on any atom is 0.230 e. The van der Waals surface area contributed by atoms with E-state index in [1.54, 1.807) is 30.2 Å². The molecule has 1 heterocycles. The van der Waals surface area contributed by atoms with E-state index in [9.17, 15) is 4.79 Å². The van der Waals surface area contributed by atoms with Crippen LogP contribution in [0.5, 0.6) is 5.75 Å². The van der Waals surface area contributed by atoms with Crippen LogP contribution in [0, 0.1) is 0 Å². The zero-order chi connectivity index (χ0) is 18.4. The maximum atomic E-state index is 12.2. The summed E-state index contributed by atoms with van der Waals surface area (Å²) in [5, 5.41) is 5.52. The number of benzene rings is 2. The van der Waals surface area contributed by atoms with Crippen LogP contribution in [-0.2, 0) is 17.0 Å². The van der Waals surface area contributed by atoms with Crippen molar-refractivity contribution in [2.45, 2.75) is 16.5 Å². The van der Waals surface area contributed by atoms with Gasteiger partial charge in [-0.1, -0.05) is 47.6 Å². The number of aromatic nitrogens is 1. The number of rotatable bonds is 7. The van der Waals surface area contributed by atoms with Crippen molar-refractivity contribution < 1.29 is 9.53 Å². The van der Waals surface area contributed by atoms with Gasteiger partial charge in [-0.3, -0.25) is 4.79 Å². The van der Waals surface area contributed by atoms with Gasteiger partial charge in [-0.25, -0.2) is 4.98 Å². The number of nitrogens with one attached hydrogen (secondary N) is 1. The third-order valence-electron chi connectivity index (χ3n) is 3.53. The fraction of sp³-hybridized carbons (Fsp3) is 0.158. The van der Waals surface area contributed by atoms with Crippen LogP contribution in [0.1, 0.15) is 11.3 Å². The average Bonchev–Trinajstić information content (AvgIpc) is 3.09. The summed E-state index contributed by atoms with van der Waals surface area (Å²) in [5.41, 5.74) is 2.61. The van der Waals surface area contributed by atoms with E-state index >= 15 is 0 Å². The first-order valence-corrected chi connectivity index (χ1v) is 10.1. The van der Waals surface area contributed by atoms with Crippen LogP contribution in [0.2, 0.25) is 5.02 Å². The second-order valence-electron chi connectivity index (χ2n) is 5.45. The summed E-state index contributed by atoms with van der Waals surface area (Å²) < 4.78 is 6.19. The Morgan fingerprint density at radius 1 is 1.23 bits per heavy atom. The molecule has 0 unspecified atom stereocenters. The molecule has 26 heavy (non-hydrogen) atoms. The van der Waals surface area contributed by atoms with Gasteiger partial charge in [0, 0.05) is 16.2 Å². The zero-order valence-electron chi connectivity index (χ0n) is 14.1. The molecule has 0 saturated heterocycles. The molecule has 134 valence electrons. The number of amides is 1. The van der Waals surface area contributed by atoms with Crippen molar-refractivity contribution in [3.8, 4) is 5.75 Å². The minimum atomic E-state index is -0.117. The summed E-state index contributed by atoms with van der Waals surface area (Å²) in [6, 6.07) is 15.1. The van der Waals surface area contributed by atoms with Crippen LogP contribution in [0.15, 0.2) is 58.3 Å². The SMILES string of the molecule is COc1ccccc1NC(=O)Cc1csc(SCc2ccc(Cl)cc2)n1. The second-order valence-corrected chi connectivity index (χ2v) is 7.96. The molecule has 4 nitrogen and oxygen atoms in total. The number of anilines is 1. The van der Waals surface area contributed by atoms with Gasteiger partial charge >= 0.3 is 0 Å². The fourth-order valence-corrected chi connectivity index (χ4v) is 4.19. The number of thioether (sulfide) groups is 1. The first-order chi connectivity index (χ1) is 12.6. The Bertz CT molecular complexity index is 881. The average molecular weight is 405 g/mol. The van der Waals surface area contributed by atoms with E-state index in [4.69, 9.17) is 16.3 Å². The summed E-state index contributed by atoms with van der Waals surface area (Å²) in [6.07, 6.45) is 0.232. The molecule has 3 aromatic rings. The van der Waals surface area contributed by atoms with Crippen LogP contribution in [-0.4, -0.2) is 18.0 Å². The predicted molar refractivity (Wildman–Crippen MR) is 108 cm³/mol. The number of carbonyl (C=O) groups is 1. The molecule has 1 N–H and O–H groups in total. The number of para-hydroxylation sites is 2. The van der Waals surface area contributed by atoms with Crippen LogP contribution >= 0.6 is 34.7 Å². The number of hydrogen-bond donors (Lipinski definition) is 1. The number of nitrogens with zero attached hydrogens (tertiary/aromatic N) is 1. The van der Waals surface area contributed by atoms with E-state index in [0.29, 0.717) is 11.4 Å². The lowest BCUT2D eigenvalue weighted by Crippen LogP contribution is -2.15. The van der Waals surface area contributed by atoms with Crippen molar-refractivity contribution in [3.63, 3.8) is 0 Å². The third kappa shape index (κ3) is 5.24. The Hall–Kier alpha value is -2.02. The molecule has 0 saturated carbocycles. The minimum Gasteiger partial charge on any atom is -0.495 e. The van der Waals surface area contributed by atoms with E-state index in [0.717, 1.165) is 20.8 Å². The lowest BCUT2D eigenvalue weighted by atomic mass is 10.2. The highest BCUT2D eigenvalue weighted by Gasteiger charge is 2.11. The van der Waals surface area contributed by atoms with Crippen molar-refractivity contribution in [2.75, 3.05) is 12.4 Å². The van der Waals surface area contributed by atoms with Crippen LogP contribution in [0.25, 0.3) is 0 Å². The Morgan fingerprint density at radius 3 is 2.77 bits per heavy atom. The van der Waals surface area contributed by atoms with Gasteiger partial charge in [0.15, 0.2) is 0 Å². The van der Waals surface area contributed by atoms with Crippen molar-refractivity contribution >= 4 is 46.3 Å². The van der Waals surface area contributed by atoms with Gasteiger partial charge in [0.25, 0.3) is 0 Å². The van der Waals surface area contributed by atoms with E-state index in [1.165, 1.54) is 5.56 Å². The molecule has 0 fully saturated rings. The molecular weight excluding hydrogens is 388 g/mol. The molecule has 7 heteroatoms. The van der Waals surface area contributed by atoms with Crippen molar-refractivity contribution in [3.05, 3.63) is 70.2 Å². The van der Waals surface area contributed by atoms with Gasteiger partial charge in [-0.05, 0) is 29.8 Å². The molecule has 1 aromatic heterocycles. The Kier molecular flexibility index (Phi) is 6.55. The summed E-state index contributed by atoms with van der Waals surface area (Å²) in [5.74, 6) is 1.34. The van der Waals surface area contributed by atoms with E-state index in [2.05, 4.69) is 10.3 Å². The summed E-state index contributed by atoms with van der Waals surface area (Å²) >= 11 is 9.09. The minimum absolute atomic E-state index is 0.117. The second kappa shape index (κ2) is 9.07. The number of methoxy groups -OCH3 is 1. The third-order valence-corrected chi connectivity index (χ3v) is 5.92. The molecule has 3 rings (SSSR count). The number of halogens is 1. The predicted octanol–water partition coefficient (Wildman–Crippen LogP) is 5.28. The smallest absolute Gasteiger partial charge is 0.230 e. The molecule has 0 radical (unpaired) electrons. The number of carbonyl (C=O) groups excluding carboxylic acids is 1. The lowest BCUT2D eigenvalue weighted by molar-refractivity contribution is -0.115. The number of hydrogen-bond acceptors (Lipinski definition) is 5. The van der Waals surface area contributed by atoms with Crippen LogP contribution in [0.4, 0.5) is 5.69 Å². The topological polar surface area (TPSA) is 51.2 Å². The monoisotopic (exact) mass is 404 g/mol. The first kappa shape index (κ1) is 18.8. The molecule has 0 bridgehead atoms. The molecule has 0 aliphatic carbocycles. The first-order valence-electron chi connectivity index (χ1n) is 7.88. The van der Waals surface area contributed by atoms with Gasteiger partial charge in [-0.2, -0.15) is 0 Å². The summed E-state index contributed by atoms with van der Waals surface area (Å²) in [6.45, 7) is 0. The van der Waals surface area contributed by atoms with Gasteiger partial charge in [0.2, 0.25) is 5.91 Å². The zero-order valence-corrected chi connectivity index (χ0v) is 16.5. The Labute approximate surface area is 165 Å². The Balaban J connectivity index is 1.54. The maximum absolute atomic E-state index is 12.2. The van der Waals surface area contributed by atoms with E-state index in [-0.39, 0.29) is 12.3 Å². The molecule has 0 spiro atoms. The quantitative estimate of drug-likeness (QED) is 0.544. The Morgan fingerprint density at radius 2 is 2.00 bits per heavy atom. The van der Waals surface area contributed by atoms with E-state index < -0.39 is 0 Å². The number of ether oxygens (including phenoxy) is 1.